The number of ketones is 1. The average molecular weight is 429 g/mol. The van der Waals surface area contributed by atoms with Crippen LogP contribution in [0.5, 0.6) is 0 Å². The van der Waals surface area contributed by atoms with Crippen molar-refractivity contribution in [2.75, 3.05) is 31.1 Å². The molecule has 0 amide bonds. The van der Waals surface area contributed by atoms with Crippen molar-refractivity contribution in [3.8, 4) is 0 Å². The predicted octanol–water partition coefficient (Wildman–Crippen LogP) is 3.65. The van der Waals surface area contributed by atoms with E-state index in [1.54, 1.807) is 0 Å². The van der Waals surface area contributed by atoms with Gasteiger partial charge in [0.1, 0.15) is 11.6 Å². The van der Waals surface area contributed by atoms with E-state index in [1.807, 2.05) is 26.2 Å². The fraction of sp³-hybridized carbons (Fsp3) is 0.800. The number of aliphatic hydroxyl groups is 1. The molecule has 1 aromatic rings. The molecule has 1 aliphatic heterocycles. The molecule has 1 saturated heterocycles. The maximum Gasteiger partial charge on any atom is 0.138 e. The molecule has 1 spiro atoms. The summed E-state index contributed by atoms with van der Waals surface area (Å²) in [5, 5.41) is 10.1. The summed E-state index contributed by atoms with van der Waals surface area (Å²) in [6.07, 6.45) is 10.9. The molecule has 6 heteroatoms. The Kier molecular flexibility index (Phi) is 6.68. The molecule has 1 unspecified atom stereocenters. The maximum atomic E-state index is 12.4. The Hall–Kier alpha value is -1.53. The molecule has 2 heterocycles. The van der Waals surface area contributed by atoms with E-state index in [0.29, 0.717) is 29.1 Å². The normalized spacial score (nSPS) is 32.0. The van der Waals surface area contributed by atoms with Crippen LogP contribution in [-0.2, 0) is 4.79 Å². The van der Waals surface area contributed by atoms with E-state index < -0.39 is 0 Å². The second-order valence-corrected chi connectivity index (χ2v) is 10.9. The molecule has 1 aromatic heterocycles. The monoisotopic (exact) mass is 428 g/mol. The molecule has 3 fully saturated rings. The predicted molar refractivity (Wildman–Crippen MR) is 123 cm³/mol. The Balaban J connectivity index is 1.30. The quantitative estimate of drug-likeness (QED) is 0.746. The van der Waals surface area contributed by atoms with E-state index in [0.717, 1.165) is 44.0 Å². The minimum atomic E-state index is 0.166. The summed E-state index contributed by atoms with van der Waals surface area (Å²) in [5.41, 5.74) is 1.51. The van der Waals surface area contributed by atoms with Crippen LogP contribution in [-0.4, -0.2) is 64.1 Å². The van der Waals surface area contributed by atoms with Crippen molar-refractivity contribution in [2.24, 2.45) is 17.3 Å². The van der Waals surface area contributed by atoms with Gasteiger partial charge in [-0.25, -0.2) is 9.97 Å². The van der Waals surface area contributed by atoms with Gasteiger partial charge in [0.2, 0.25) is 0 Å². The average Bonchev–Trinajstić information content (AvgIpc) is 2.76. The molecule has 2 saturated carbocycles. The van der Waals surface area contributed by atoms with Crippen LogP contribution in [0.2, 0.25) is 0 Å². The third kappa shape index (κ3) is 4.65. The number of piperazine rings is 1. The van der Waals surface area contributed by atoms with Crippen molar-refractivity contribution in [3.63, 3.8) is 0 Å². The molecule has 4 rings (SSSR count). The summed E-state index contributed by atoms with van der Waals surface area (Å²) in [6.45, 7) is 11.2. The van der Waals surface area contributed by atoms with Crippen molar-refractivity contribution in [1.82, 2.24) is 14.9 Å². The molecular weight excluding hydrogens is 388 g/mol. The second-order valence-electron chi connectivity index (χ2n) is 10.9. The van der Waals surface area contributed by atoms with Gasteiger partial charge in [-0.05, 0) is 43.9 Å². The van der Waals surface area contributed by atoms with Gasteiger partial charge in [-0.1, -0.05) is 27.7 Å². The molecule has 0 aromatic carbocycles. The summed E-state index contributed by atoms with van der Waals surface area (Å²) >= 11 is 0. The smallest absolute Gasteiger partial charge is 0.138 e. The number of aromatic nitrogens is 2. The van der Waals surface area contributed by atoms with E-state index in [-0.39, 0.29) is 18.6 Å². The van der Waals surface area contributed by atoms with Gasteiger partial charge in [-0.3, -0.25) is 9.69 Å². The number of carbonyl (C=O) groups excluding carboxylic acids is 1. The lowest BCUT2D eigenvalue weighted by molar-refractivity contribution is -0.129. The summed E-state index contributed by atoms with van der Waals surface area (Å²) in [6, 6.07) is 0.746. The van der Waals surface area contributed by atoms with Crippen LogP contribution < -0.4 is 4.90 Å². The Morgan fingerprint density at radius 2 is 1.77 bits per heavy atom. The zero-order valence-corrected chi connectivity index (χ0v) is 19.8. The summed E-state index contributed by atoms with van der Waals surface area (Å²) in [4.78, 5) is 26.3. The van der Waals surface area contributed by atoms with E-state index in [1.165, 1.54) is 25.7 Å². The van der Waals surface area contributed by atoms with E-state index in [9.17, 15) is 9.90 Å². The van der Waals surface area contributed by atoms with Gasteiger partial charge in [0.25, 0.3) is 0 Å². The Bertz CT molecular complexity index is 747. The lowest BCUT2D eigenvalue weighted by atomic mass is 9.56. The molecule has 31 heavy (non-hydrogen) atoms. The maximum absolute atomic E-state index is 12.4. The number of nitrogens with zero attached hydrogens (tertiary/aromatic N) is 4. The molecular formula is C25H40N4O2. The lowest BCUT2D eigenvalue weighted by Crippen LogP contribution is -2.63. The van der Waals surface area contributed by atoms with Crippen molar-refractivity contribution >= 4 is 11.5 Å². The fourth-order valence-corrected chi connectivity index (χ4v) is 6.11. The van der Waals surface area contributed by atoms with Gasteiger partial charge in [-0.2, -0.15) is 0 Å². The molecule has 172 valence electrons. The van der Waals surface area contributed by atoms with Crippen LogP contribution in [0.3, 0.4) is 0 Å². The van der Waals surface area contributed by atoms with Crippen LogP contribution in [0.15, 0.2) is 12.4 Å². The Morgan fingerprint density at radius 3 is 2.32 bits per heavy atom. The third-order valence-corrected chi connectivity index (χ3v) is 8.10. The standard InChI is InChI=1S/C25H40N4O2/c1-17(2)23(31)19-5-7-25(8-6-19)11-20(12-25)29-10-9-28(15-22(29)16-30)21-13-26-24(18(3)4)27-14-21/h13-14,17-20,22,30H,5-12,15-16H2,1-4H3. The molecule has 2 aliphatic carbocycles. The zero-order chi connectivity index (χ0) is 22.2. The Morgan fingerprint density at radius 1 is 1.13 bits per heavy atom. The molecule has 3 aliphatic rings. The lowest BCUT2D eigenvalue weighted by Gasteiger charge is -2.57. The van der Waals surface area contributed by atoms with Gasteiger partial charge in [0.05, 0.1) is 30.7 Å². The zero-order valence-electron chi connectivity index (χ0n) is 19.8. The van der Waals surface area contributed by atoms with Gasteiger partial charge < -0.3 is 10.0 Å². The summed E-state index contributed by atoms with van der Waals surface area (Å²) in [7, 11) is 0. The fourth-order valence-electron chi connectivity index (χ4n) is 6.11. The number of hydrogen-bond acceptors (Lipinski definition) is 6. The van der Waals surface area contributed by atoms with Crippen LogP contribution in [0.4, 0.5) is 5.69 Å². The number of Topliss-reactive ketones (excluding diaryl/α,β-unsaturated/α-hetero) is 1. The van der Waals surface area contributed by atoms with Crippen LogP contribution in [0.1, 0.15) is 78.0 Å². The summed E-state index contributed by atoms with van der Waals surface area (Å²) in [5.74, 6) is 2.14. The SMILES string of the molecule is CC(C)C(=O)C1CCC2(CC1)CC(N1CCN(c3cnc(C(C)C)nc3)CC1CO)C2. The van der Waals surface area contributed by atoms with Crippen LogP contribution >= 0.6 is 0 Å². The largest absolute Gasteiger partial charge is 0.395 e. The first-order valence-electron chi connectivity index (χ1n) is 12.3. The number of aliphatic hydroxyl groups excluding tert-OH is 1. The molecule has 0 bridgehead atoms. The van der Waals surface area contributed by atoms with Gasteiger partial charge in [0.15, 0.2) is 0 Å². The summed E-state index contributed by atoms with van der Waals surface area (Å²) < 4.78 is 0. The van der Waals surface area contributed by atoms with Gasteiger partial charge >= 0.3 is 0 Å². The van der Waals surface area contributed by atoms with E-state index >= 15 is 0 Å². The topological polar surface area (TPSA) is 69.6 Å². The minimum absolute atomic E-state index is 0.166. The highest BCUT2D eigenvalue weighted by Crippen LogP contribution is 2.55. The highest BCUT2D eigenvalue weighted by Gasteiger charge is 2.50. The first-order chi connectivity index (χ1) is 14.8. The molecule has 6 nitrogen and oxygen atoms in total. The van der Waals surface area contributed by atoms with Crippen molar-refractivity contribution in [1.29, 1.82) is 0 Å². The van der Waals surface area contributed by atoms with Crippen LogP contribution in [0.25, 0.3) is 0 Å². The van der Waals surface area contributed by atoms with Crippen LogP contribution in [0, 0.1) is 17.3 Å². The highest BCUT2D eigenvalue weighted by atomic mass is 16.3. The van der Waals surface area contributed by atoms with Crippen molar-refractivity contribution in [3.05, 3.63) is 18.2 Å². The minimum Gasteiger partial charge on any atom is -0.395 e. The van der Waals surface area contributed by atoms with E-state index in [4.69, 9.17) is 0 Å². The Labute approximate surface area is 187 Å². The number of rotatable bonds is 6. The first kappa shape index (κ1) is 22.7. The number of carbonyl (C=O) groups is 1. The number of anilines is 1. The first-order valence-corrected chi connectivity index (χ1v) is 12.3. The van der Waals surface area contributed by atoms with Crippen molar-refractivity contribution in [2.45, 2.75) is 84.2 Å². The molecule has 1 atom stereocenters. The second kappa shape index (κ2) is 9.14. The molecule has 0 radical (unpaired) electrons. The molecule has 1 N–H and O–H groups in total. The van der Waals surface area contributed by atoms with E-state index in [2.05, 4.69) is 33.6 Å². The van der Waals surface area contributed by atoms with Crippen molar-refractivity contribution < 1.29 is 9.90 Å². The van der Waals surface area contributed by atoms with Gasteiger partial charge in [0, 0.05) is 43.4 Å². The van der Waals surface area contributed by atoms with Gasteiger partial charge in [-0.15, -0.1) is 0 Å². The third-order valence-electron chi connectivity index (χ3n) is 8.10. The highest BCUT2D eigenvalue weighted by molar-refractivity contribution is 5.82. The number of hydrogen-bond donors (Lipinski definition) is 1.